The summed E-state index contributed by atoms with van der Waals surface area (Å²) < 4.78 is 10.7. The zero-order chi connectivity index (χ0) is 11.9. The molecule has 17 heavy (non-hydrogen) atoms. The van der Waals surface area contributed by atoms with Crippen molar-refractivity contribution < 1.29 is 9.47 Å². The summed E-state index contributed by atoms with van der Waals surface area (Å²) in [5.74, 6) is 1.11. The van der Waals surface area contributed by atoms with Gasteiger partial charge < -0.3 is 14.8 Å². The molecule has 98 valence electrons. The Labute approximate surface area is 108 Å². The zero-order valence-electron chi connectivity index (χ0n) is 10.5. The monoisotopic (exact) mass is 258 g/mol. The van der Waals surface area contributed by atoms with E-state index in [0.717, 1.165) is 43.5 Å². The van der Waals surface area contributed by atoms with Crippen LogP contribution in [0.1, 0.15) is 25.7 Å². The first-order valence-corrected chi connectivity index (χ1v) is 7.41. The third-order valence-corrected chi connectivity index (χ3v) is 4.24. The number of hydrogen-bond acceptors (Lipinski definition) is 4. The number of amidine groups is 1. The molecule has 2 aliphatic rings. The van der Waals surface area contributed by atoms with Crippen molar-refractivity contribution in [2.45, 2.75) is 37.8 Å². The number of nitrogens with one attached hydrogen (secondary N) is 1. The molecule has 0 amide bonds. The van der Waals surface area contributed by atoms with E-state index in [-0.39, 0.29) is 0 Å². The summed E-state index contributed by atoms with van der Waals surface area (Å²) >= 11 is 1.83. The van der Waals surface area contributed by atoms with Crippen LogP contribution in [0.3, 0.4) is 0 Å². The molecule has 0 radical (unpaired) electrons. The minimum Gasteiger partial charge on any atom is -0.385 e. The van der Waals surface area contributed by atoms with Gasteiger partial charge in [-0.2, -0.15) is 0 Å². The van der Waals surface area contributed by atoms with Crippen LogP contribution in [0, 0.1) is 0 Å². The van der Waals surface area contributed by atoms with E-state index in [1.165, 1.54) is 12.8 Å². The molecule has 0 aromatic rings. The summed E-state index contributed by atoms with van der Waals surface area (Å²) in [6.45, 7) is 2.64. The molecule has 2 saturated heterocycles. The first kappa shape index (κ1) is 13.2. The Morgan fingerprint density at radius 2 is 2.47 bits per heavy atom. The third-order valence-electron chi connectivity index (χ3n) is 3.15. The summed E-state index contributed by atoms with van der Waals surface area (Å²) in [6.07, 6.45) is 5.01. The van der Waals surface area contributed by atoms with Gasteiger partial charge in [-0.25, -0.2) is 0 Å². The van der Waals surface area contributed by atoms with Gasteiger partial charge in [-0.3, -0.25) is 4.99 Å². The molecule has 0 saturated carbocycles. The van der Waals surface area contributed by atoms with Crippen molar-refractivity contribution >= 4 is 16.9 Å². The molecule has 2 fully saturated rings. The Bertz CT molecular complexity index is 255. The van der Waals surface area contributed by atoms with Crippen LogP contribution < -0.4 is 5.32 Å². The second-order valence-electron chi connectivity index (χ2n) is 4.54. The Morgan fingerprint density at radius 1 is 1.53 bits per heavy atom. The Kier molecular flexibility index (Phi) is 5.61. The molecule has 0 aromatic heterocycles. The number of nitrogens with zero attached hydrogens (tertiary/aromatic N) is 1. The highest BCUT2D eigenvalue weighted by Gasteiger charge is 2.20. The van der Waals surface area contributed by atoms with E-state index in [0.29, 0.717) is 12.1 Å². The van der Waals surface area contributed by atoms with Crippen LogP contribution in [-0.2, 0) is 9.47 Å². The quantitative estimate of drug-likeness (QED) is 0.787. The minimum absolute atomic E-state index is 0.454. The number of ether oxygens (including phenoxy) is 2. The van der Waals surface area contributed by atoms with Gasteiger partial charge in [0.05, 0.1) is 6.10 Å². The average Bonchev–Trinajstić information content (AvgIpc) is 2.98. The highest BCUT2D eigenvalue weighted by Crippen LogP contribution is 2.18. The smallest absolute Gasteiger partial charge is 0.156 e. The minimum atomic E-state index is 0.454. The summed E-state index contributed by atoms with van der Waals surface area (Å²) in [5.41, 5.74) is 0. The fourth-order valence-electron chi connectivity index (χ4n) is 2.13. The summed E-state index contributed by atoms with van der Waals surface area (Å²) in [5, 5.41) is 4.54. The first-order chi connectivity index (χ1) is 8.38. The highest BCUT2D eigenvalue weighted by atomic mass is 32.2. The van der Waals surface area contributed by atoms with Crippen molar-refractivity contribution in [1.82, 2.24) is 5.32 Å². The van der Waals surface area contributed by atoms with Crippen LogP contribution in [0.5, 0.6) is 0 Å². The van der Waals surface area contributed by atoms with E-state index in [1.807, 2.05) is 11.8 Å². The molecule has 0 bridgehead atoms. The lowest BCUT2D eigenvalue weighted by Gasteiger charge is -2.09. The molecule has 2 atom stereocenters. The Hall–Kier alpha value is -0.260. The number of hydrogen-bond donors (Lipinski definition) is 1. The van der Waals surface area contributed by atoms with Crippen molar-refractivity contribution in [3.05, 3.63) is 0 Å². The fraction of sp³-hybridized carbons (Fsp3) is 0.917. The predicted octanol–water partition coefficient (Wildman–Crippen LogP) is 1.65. The van der Waals surface area contributed by atoms with Gasteiger partial charge in [0, 0.05) is 38.7 Å². The summed E-state index contributed by atoms with van der Waals surface area (Å²) in [7, 11) is 1.75. The van der Waals surface area contributed by atoms with Gasteiger partial charge in [-0.15, -0.1) is 0 Å². The summed E-state index contributed by atoms with van der Waals surface area (Å²) in [6, 6.07) is 0.529. The average molecular weight is 258 g/mol. The molecule has 2 unspecified atom stereocenters. The van der Waals surface area contributed by atoms with Gasteiger partial charge in [-0.05, 0) is 25.7 Å². The zero-order valence-corrected chi connectivity index (χ0v) is 11.3. The van der Waals surface area contributed by atoms with Crippen LogP contribution in [-0.4, -0.2) is 49.9 Å². The van der Waals surface area contributed by atoms with Gasteiger partial charge in [0.15, 0.2) is 5.17 Å². The standard InChI is InChI=1S/C12H22N2O2S/c1-15-8-5-10-9-17-12(14-10)13-6-4-11-3-2-7-16-11/h10-11H,2-9H2,1H3,(H,13,14). The molecule has 4 nitrogen and oxygen atoms in total. The van der Waals surface area contributed by atoms with Crippen LogP contribution >= 0.6 is 11.8 Å². The lowest BCUT2D eigenvalue weighted by Crippen LogP contribution is -2.28. The van der Waals surface area contributed by atoms with E-state index >= 15 is 0 Å². The van der Waals surface area contributed by atoms with Crippen molar-refractivity contribution in [3.63, 3.8) is 0 Å². The molecule has 1 N–H and O–H groups in total. The van der Waals surface area contributed by atoms with E-state index in [1.54, 1.807) is 7.11 Å². The van der Waals surface area contributed by atoms with Crippen LogP contribution in [0.4, 0.5) is 0 Å². The summed E-state index contributed by atoms with van der Waals surface area (Å²) in [4.78, 5) is 4.59. The van der Waals surface area contributed by atoms with E-state index in [4.69, 9.17) is 9.47 Å². The van der Waals surface area contributed by atoms with Gasteiger partial charge in [-0.1, -0.05) is 11.8 Å². The Balaban J connectivity index is 1.61. The van der Waals surface area contributed by atoms with Gasteiger partial charge in [0.25, 0.3) is 0 Å². The maximum Gasteiger partial charge on any atom is 0.156 e. The third kappa shape index (κ3) is 4.48. The highest BCUT2D eigenvalue weighted by molar-refractivity contribution is 8.14. The predicted molar refractivity (Wildman–Crippen MR) is 71.8 cm³/mol. The molecular formula is C12H22N2O2S. The van der Waals surface area contributed by atoms with E-state index in [9.17, 15) is 0 Å². The largest absolute Gasteiger partial charge is 0.385 e. The molecule has 0 aliphatic carbocycles. The second-order valence-corrected chi connectivity index (χ2v) is 5.55. The van der Waals surface area contributed by atoms with E-state index < -0.39 is 0 Å². The lowest BCUT2D eigenvalue weighted by molar-refractivity contribution is 0.106. The Morgan fingerprint density at radius 3 is 3.24 bits per heavy atom. The molecule has 5 heteroatoms. The van der Waals surface area contributed by atoms with Crippen LogP contribution in [0.25, 0.3) is 0 Å². The van der Waals surface area contributed by atoms with Crippen molar-refractivity contribution in [2.75, 3.05) is 32.6 Å². The second kappa shape index (κ2) is 7.24. The van der Waals surface area contributed by atoms with Gasteiger partial charge in [0.2, 0.25) is 0 Å². The van der Waals surface area contributed by atoms with Crippen molar-refractivity contribution in [1.29, 1.82) is 0 Å². The van der Waals surface area contributed by atoms with Gasteiger partial charge in [0.1, 0.15) is 0 Å². The molecule has 2 aliphatic heterocycles. The van der Waals surface area contributed by atoms with Crippen molar-refractivity contribution in [3.8, 4) is 0 Å². The maximum atomic E-state index is 5.58. The lowest BCUT2D eigenvalue weighted by atomic mass is 10.2. The van der Waals surface area contributed by atoms with E-state index in [2.05, 4.69) is 10.3 Å². The topological polar surface area (TPSA) is 42.9 Å². The van der Waals surface area contributed by atoms with Crippen LogP contribution in [0.15, 0.2) is 4.99 Å². The molecule has 0 aromatic carbocycles. The number of rotatable bonds is 6. The number of aliphatic imine (C=N–C) groups is 1. The van der Waals surface area contributed by atoms with Crippen molar-refractivity contribution in [2.24, 2.45) is 4.99 Å². The molecule has 0 spiro atoms. The normalized spacial score (nSPS) is 31.0. The molecule has 2 rings (SSSR count). The molecular weight excluding hydrogens is 236 g/mol. The van der Waals surface area contributed by atoms with Crippen LogP contribution in [0.2, 0.25) is 0 Å². The number of thioether (sulfide) groups is 1. The number of methoxy groups -OCH3 is 1. The maximum absolute atomic E-state index is 5.58. The first-order valence-electron chi connectivity index (χ1n) is 6.43. The molecule has 2 heterocycles. The fourth-order valence-corrected chi connectivity index (χ4v) is 3.17. The van der Waals surface area contributed by atoms with Gasteiger partial charge >= 0.3 is 0 Å². The SMILES string of the molecule is COCCC1CSC(=NCCC2CCCO2)N1.